The minimum atomic E-state index is -0.180. The predicted molar refractivity (Wildman–Crippen MR) is 97.3 cm³/mol. The molecule has 3 nitrogen and oxygen atoms in total. The lowest BCUT2D eigenvalue weighted by molar-refractivity contribution is 0.102. The van der Waals surface area contributed by atoms with Crippen molar-refractivity contribution in [3.05, 3.63) is 55.1 Å². The van der Waals surface area contributed by atoms with Crippen LogP contribution in [-0.2, 0) is 0 Å². The van der Waals surface area contributed by atoms with Crippen molar-refractivity contribution in [2.75, 3.05) is 12.4 Å². The molecule has 2 rings (SSSR count). The van der Waals surface area contributed by atoms with E-state index in [0.29, 0.717) is 11.3 Å². The Bertz CT molecular complexity index is 701. The van der Waals surface area contributed by atoms with E-state index in [4.69, 9.17) is 4.74 Å². The van der Waals surface area contributed by atoms with Crippen molar-refractivity contribution in [3.8, 4) is 5.75 Å². The van der Waals surface area contributed by atoms with Gasteiger partial charge < -0.3 is 10.1 Å². The topological polar surface area (TPSA) is 38.3 Å². The van der Waals surface area contributed by atoms with Gasteiger partial charge in [0.25, 0.3) is 5.91 Å². The number of aryl methyl sites for hydroxylation is 2. The summed E-state index contributed by atoms with van der Waals surface area (Å²) in [5.74, 6) is 0.416. The van der Waals surface area contributed by atoms with Gasteiger partial charge in [-0.2, -0.15) is 0 Å². The molecule has 0 fully saturated rings. The van der Waals surface area contributed by atoms with E-state index in [1.165, 1.54) is 0 Å². The lowest BCUT2D eigenvalue weighted by Gasteiger charge is -2.13. The van der Waals surface area contributed by atoms with Gasteiger partial charge in [0, 0.05) is 13.7 Å². The molecule has 2 aromatic carbocycles. The molecular weight excluding hydrogens is 445 g/mol. The number of amides is 1. The third kappa shape index (κ3) is 3.77. The second kappa shape index (κ2) is 6.79. The highest BCUT2D eigenvalue weighted by atomic mass is 127. The summed E-state index contributed by atoms with van der Waals surface area (Å²) >= 11 is 5.67. The van der Waals surface area contributed by atoms with Crippen LogP contribution < -0.4 is 10.1 Å². The fourth-order valence-corrected chi connectivity index (χ4v) is 3.35. The molecule has 0 aliphatic rings. The van der Waals surface area contributed by atoms with E-state index in [1.807, 2.05) is 38.1 Å². The first-order valence-corrected chi connectivity index (χ1v) is 8.21. The fraction of sp³-hybridized carbons (Fsp3) is 0.188. The third-order valence-corrected chi connectivity index (χ3v) is 4.25. The van der Waals surface area contributed by atoms with E-state index in [1.54, 1.807) is 13.2 Å². The average molecular weight is 460 g/mol. The molecule has 0 heterocycles. The van der Waals surface area contributed by atoms with E-state index in [9.17, 15) is 4.79 Å². The second-order valence-electron chi connectivity index (χ2n) is 4.72. The molecule has 0 atom stereocenters. The molecule has 0 spiro atoms. The van der Waals surface area contributed by atoms with Crippen LogP contribution in [0.25, 0.3) is 0 Å². The third-order valence-electron chi connectivity index (χ3n) is 3.12. The number of anilines is 1. The number of nitrogens with one attached hydrogen (secondary N) is 1. The molecule has 0 aromatic heterocycles. The fourth-order valence-electron chi connectivity index (χ4n) is 2.13. The molecule has 1 N–H and O–H groups in total. The van der Waals surface area contributed by atoms with Crippen molar-refractivity contribution in [2.45, 2.75) is 13.8 Å². The number of ether oxygens (including phenoxy) is 1. The number of carbonyl (C=O) groups is 1. The van der Waals surface area contributed by atoms with Gasteiger partial charge in [-0.05, 0) is 77.9 Å². The van der Waals surface area contributed by atoms with Gasteiger partial charge in [-0.15, -0.1) is 0 Å². The average Bonchev–Trinajstić information content (AvgIpc) is 2.41. The van der Waals surface area contributed by atoms with Gasteiger partial charge in [-0.3, -0.25) is 4.79 Å². The van der Waals surface area contributed by atoms with E-state index in [2.05, 4.69) is 43.8 Å². The molecule has 0 unspecified atom stereocenters. The summed E-state index contributed by atoms with van der Waals surface area (Å²) in [7, 11) is 1.57. The Kier molecular flexibility index (Phi) is 5.27. The summed E-state index contributed by atoms with van der Waals surface area (Å²) in [5.41, 5.74) is 3.26. The number of methoxy groups -OCH3 is 1. The number of hydrogen-bond donors (Lipinski definition) is 1. The van der Waals surface area contributed by atoms with E-state index >= 15 is 0 Å². The lowest BCUT2D eigenvalue weighted by atomic mass is 10.1. The monoisotopic (exact) mass is 459 g/mol. The molecule has 0 aliphatic heterocycles. The molecule has 2 aromatic rings. The number of hydrogen-bond acceptors (Lipinski definition) is 2. The molecule has 0 bridgehead atoms. The van der Waals surface area contributed by atoms with Crippen molar-refractivity contribution in [1.82, 2.24) is 0 Å². The first-order valence-electron chi connectivity index (χ1n) is 6.34. The van der Waals surface area contributed by atoms with Gasteiger partial charge in [0.2, 0.25) is 0 Å². The number of carbonyl (C=O) groups excluding carboxylic acids is 1. The minimum absolute atomic E-state index is 0.180. The van der Waals surface area contributed by atoms with E-state index in [0.717, 1.165) is 24.9 Å². The molecule has 21 heavy (non-hydrogen) atoms. The predicted octanol–water partition coefficient (Wildman–Crippen LogP) is 4.93. The van der Waals surface area contributed by atoms with Gasteiger partial charge in [-0.25, -0.2) is 0 Å². The Labute approximate surface area is 146 Å². The highest BCUT2D eigenvalue weighted by Crippen LogP contribution is 2.29. The highest BCUT2D eigenvalue weighted by molar-refractivity contribution is 14.1. The van der Waals surface area contributed by atoms with E-state index < -0.39 is 0 Å². The minimum Gasteiger partial charge on any atom is -0.496 e. The van der Waals surface area contributed by atoms with Gasteiger partial charge in [-0.1, -0.05) is 15.9 Å². The summed E-state index contributed by atoms with van der Waals surface area (Å²) in [6.45, 7) is 3.89. The van der Waals surface area contributed by atoms with Crippen LogP contribution in [-0.4, -0.2) is 13.0 Å². The molecule has 0 aliphatic carbocycles. The zero-order chi connectivity index (χ0) is 15.6. The zero-order valence-corrected chi connectivity index (χ0v) is 15.7. The Morgan fingerprint density at radius 2 is 1.90 bits per heavy atom. The summed E-state index contributed by atoms with van der Waals surface area (Å²) in [6, 6.07) is 9.59. The first-order chi connectivity index (χ1) is 9.92. The molecule has 0 radical (unpaired) electrons. The smallest absolute Gasteiger partial charge is 0.259 e. The highest BCUT2D eigenvalue weighted by Gasteiger charge is 2.16. The van der Waals surface area contributed by atoms with Crippen LogP contribution in [0.4, 0.5) is 5.69 Å². The molecule has 5 heteroatoms. The van der Waals surface area contributed by atoms with Crippen LogP contribution in [0.3, 0.4) is 0 Å². The largest absolute Gasteiger partial charge is 0.496 e. The Morgan fingerprint density at radius 1 is 1.19 bits per heavy atom. The first kappa shape index (κ1) is 16.3. The van der Waals surface area contributed by atoms with Gasteiger partial charge in [0.1, 0.15) is 5.75 Å². The second-order valence-corrected chi connectivity index (χ2v) is 6.88. The molecule has 1 amide bonds. The van der Waals surface area contributed by atoms with Gasteiger partial charge in [0.15, 0.2) is 0 Å². The van der Waals surface area contributed by atoms with Crippen molar-refractivity contribution in [2.24, 2.45) is 0 Å². The van der Waals surface area contributed by atoms with Crippen LogP contribution in [0.5, 0.6) is 5.75 Å². The Hall–Kier alpha value is -1.08. The summed E-state index contributed by atoms with van der Waals surface area (Å²) in [5, 5.41) is 2.94. The van der Waals surface area contributed by atoms with Crippen LogP contribution >= 0.6 is 38.5 Å². The van der Waals surface area contributed by atoms with Gasteiger partial charge in [0.05, 0.1) is 12.7 Å². The van der Waals surface area contributed by atoms with Crippen LogP contribution in [0.15, 0.2) is 34.8 Å². The number of halogens is 2. The summed E-state index contributed by atoms with van der Waals surface area (Å²) in [6.07, 6.45) is 0. The van der Waals surface area contributed by atoms with Crippen LogP contribution in [0.2, 0.25) is 0 Å². The van der Waals surface area contributed by atoms with Crippen LogP contribution in [0.1, 0.15) is 21.5 Å². The normalized spacial score (nSPS) is 10.3. The SMILES string of the molecule is COc1c(C)cc(Br)cc1C(=O)Nc1ccc(I)cc1C. The molecular formula is C16H15BrINO2. The van der Waals surface area contributed by atoms with E-state index in [-0.39, 0.29) is 5.91 Å². The number of rotatable bonds is 3. The van der Waals surface area contributed by atoms with Crippen molar-refractivity contribution >= 4 is 50.1 Å². The molecule has 0 saturated carbocycles. The standard InChI is InChI=1S/C16H15BrINO2/c1-9-7-12(18)4-5-14(9)19-16(20)13-8-11(17)6-10(2)15(13)21-3/h4-8H,1-3H3,(H,19,20). The maximum Gasteiger partial charge on any atom is 0.259 e. The van der Waals surface area contributed by atoms with Crippen molar-refractivity contribution in [1.29, 1.82) is 0 Å². The van der Waals surface area contributed by atoms with Crippen LogP contribution in [0, 0.1) is 17.4 Å². The molecule has 110 valence electrons. The summed E-state index contributed by atoms with van der Waals surface area (Å²) in [4.78, 5) is 12.5. The molecule has 0 saturated heterocycles. The Morgan fingerprint density at radius 3 is 2.52 bits per heavy atom. The number of benzene rings is 2. The van der Waals surface area contributed by atoms with Gasteiger partial charge >= 0.3 is 0 Å². The zero-order valence-electron chi connectivity index (χ0n) is 12.0. The summed E-state index contributed by atoms with van der Waals surface area (Å²) < 4.78 is 7.35. The van der Waals surface area contributed by atoms with Crippen molar-refractivity contribution < 1.29 is 9.53 Å². The maximum atomic E-state index is 12.5. The lowest BCUT2D eigenvalue weighted by Crippen LogP contribution is -2.14. The quantitative estimate of drug-likeness (QED) is 0.660. The Balaban J connectivity index is 2.36. The maximum absolute atomic E-state index is 12.5. The van der Waals surface area contributed by atoms with Crippen molar-refractivity contribution in [3.63, 3.8) is 0 Å².